The third-order valence-corrected chi connectivity index (χ3v) is 9.22. The van der Waals surface area contributed by atoms with Gasteiger partial charge in [-0.2, -0.15) is 0 Å². The molecule has 0 amide bonds. The van der Waals surface area contributed by atoms with Gasteiger partial charge in [-0.05, 0) is 112 Å². The fraction of sp³-hybridized carbons (Fsp3) is 0. The van der Waals surface area contributed by atoms with Crippen molar-refractivity contribution in [3.8, 4) is 33.4 Å². The molecular formula is C44H28. The molecule has 0 aliphatic carbocycles. The molecule has 0 aliphatic heterocycles. The summed E-state index contributed by atoms with van der Waals surface area (Å²) in [7, 11) is 0. The van der Waals surface area contributed by atoms with Crippen molar-refractivity contribution in [3.63, 3.8) is 0 Å². The van der Waals surface area contributed by atoms with E-state index in [9.17, 15) is 0 Å². The minimum Gasteiger partial charge on any atom is -0.0616 e. The van der Waals surface area contributed by atoms with Crippen LogP contribution < -0.4 is 0 Å². The summed E-state index contributed by atoms with van der Waals surface area (Å²) < 4.78 is 0. The molecular weight excluding hydrogens is 528 g/mol. The van der Waals surface area contributed by atoms with Crippen LogP contribution in [-0.4, -0.2) is 0 Å². The minimum absolute atomic E-state index is 1.23. The second-order valence-corrected chi connectivity index (χ2v) is 11.7. The normalized spacial score (nSPS) is 11.6. The molecule has 0 spiro atoms. The summed E-state index contributed by atoms with van der Waals surface area (Å²) >= 11 is 0. The van der Waals surface area contributed by atoms with Gasteiger partial charge in [-0.25, -0.2) is 0 Å². The number of hydrogen-bond acceptors (Lipinski definition) is 0. The zero-order valence-corrected chi connectivity index (χ0v) is 24.2. The fourth-order valence-corrected chi connectivity index (χ4v) is 7.02. The second kappa shape index (κ2) is 9.93. The highest BCUT2D eigenvalue weighted by atomic mass is 14.1. The van der Waals surface area contributed by atoms with Gasteiger partial charge in [0, 0.05) is 0 Å². The average molecular weight is 557 g/mol. The van der Waals surface area contributed by atoms with Gasteiger partial charge in [-0.3, -0.25) is 0 Å². The van der Waals surface area contributed by atoms with Crippen LogP contribution >= 0.6 is 0 Å². The van der Waals surface area contributed by atoms with E-state index >= 15 is 0 Å². The van der Waals surface area contributed by atoms with Crippen LogP contribution in [0, 0.1) is 0 Å². The summed E-state index contributed by atoms with van der Waals surface area (Å²) in [6.45, 7) is 0. The molecule has 0 aliphatic rings. The van der Waals surface area contributed by atoms with Crippen LogP contribution in [0.5, 0.6) is 0 Å². The van der Waals surface area contributed by atoms with Crippen molar-refractivity contribution in [2.75, 3.05) is 0 Å². The van der Waals surface area contributed by atoms with Gasteiger partial charge < -0.3 is 0 Å². The first-order chi connectivity index (χ1) is 21.8. The average Bonchev–Trinajstić information content (AvgIpc) is 3.10. The molecule has 0 bridgehead atoms. The number of fused-ring (bicyclic) bond motifs is 7. The molecule has 9 aromatic rings. The van der Waals surface area contributed by atoms with E-state index in [1.54, 1.807) is 0 Å². The van der Waals surface area contributed by atoms with E-state index in [1.165, 1.54) is 87.2 Å². The summed E-state index contributed by atoms with van der Waals surface area (Å²) in [6.07, 6.45) is 0. The van der Waals surface area contributed by atoms with Gasteiger partial charge in [0.1, 0.15) is 0 Å². The molecule has 0 saturated heterocycles. The molecule has 0 atom stereocenters. The van der Waals surface area contributed by atoms with Crippen molar-refractivity contribution in [1.29, 1.82) is 0 Å². The van der Waals surface area contributed by atoms with E-state index in [-0.39, 0.29) is 0 Å². The SMILES string of the molecule is c1ccc2c(c1)cc(-c1ccc(-c3ccc4cc(-c5cc6ccccc6c6ccccc56)ccc4c3)cc1)c1ccccc12. The molecule has 0 heterocycles. The lowest BCUT2D eigenvalue weighted by Gasteiger charge is -2.13. The molecule has 204 valence electrons. The molecule has 0 aromatic heterocycles. The van der Waals surface area contributed by atoms with Gasteiger partial charge in [-0.15, -0.1) is 0 Å². The lowest BCUT2D eigenvalue weighted by molar-refractivity contribution is 1.62. The maximum absolute atomic E-state index is 2.34. The van der Waals surface area contributed by atoms with Gasteiger partial charge in [-0.1, -0.05) is 146 Å². The van der Waals surface area contributed by atoms with Crippen molar-refractivity contribution in [2.45, 2.75) is 0 Å². The molecule has 0 radical (unpaired) electrons. The Kier molecular flexibility index (Phi) is 5.61. The Morgan fingerprint density at radius 1 is 0.205 bits per heavy atom. The highest BCUT2D eigenvalue weighted by Gasteiger charge is 2.11. The molecule has 0 heteroatoms. The van der Waals surface area contributed by atoms with Gasteiger partial charge in [0.15, 0.2) is 0 Å². The number of rotatable bonds is 3. The van der Waals surface area contributed by atoms with Crippen molar-refractivity contribution < 1.29 is 0 Å². The number of benzene rings is 9. The Morgan fingerprint density at radius 3 is 1.16 bits per heavy atom. The van der Waals surface area contributed by atoms with Crippen LogP contribution in [0.4, 0.5) is 0 Å². The van der Waals surface area contributed by atoms with Gasteiger partial charge in [0.25, 0.3) is 0 Å². The first-order valence-electron chi connectivity index (χ1n) is 15.3. The third kappa shape index (κ3) is 4.00. The van der Waals surface area contributed by atoms with Gasteiger partial charge in [0.2, 0.25) is 0 Å². The topological polar surface area (TPSA) is 0 Å². The van der Waals surface area contributed by atoms with Crippen LogP contribution in [0.1, 0.15) is 0 Å². The van der Waals surface area contributed by atoms with Crippen molar-refractivity contribution in [2.24, 2.45) is 0 Å². The van der Waals surface area contributed by atoms with Crippen molar-refractivity contribution in [3.05, 3.63) is 170 Å². The lowest BCUT2D eigenvalue weighted by Crippen LogP contribution is -1.86. The monoisotopic (exact) mass is 556 g/mol. The molecule has 0 unspecified atom stereocenters. The predicted octanol–water partition coefficient (Wildman–Crippen LogP) is 12.5. The lowest BCUT2D eigenvalue weighted by atomic mass is 9.91. The Balaban J connectivity index is 1.10. The molecule has 9 rings (SSSR count). The Hall–Kier alpha value is -5.72. The smallest absolute Gasteiger partial charge is 0.00988 e. The molecule has 0 nitrogen and oxygen atoms in total. The molecule has 9 aromatic carbocycles. The van der Waals surface area contributed by atoms with E-state index in [2.05, 4.69) is 170 Å². The van der Waals surface area contributed by atoms with E-state index in [4.69, 9.17) is 0 Å². The molecule has 0 N–H and O–H groups in total. The van der Waals surface area contributed by atoms with E-state index in [1.807, 2.05) is 0 Å². The zero-order chi connectivity index (χ0) is 29.0. The van der Waals surface area contributed by atoms with E-state index < -0.39 is 0 Å². The first kappa shape index (κ1) is 24.8. The summed E-state index contributed by atoms with van der Waals surface area (Å²) in [6, 6.07) is 62.3. The molecule has 0 fully saturated rings. The third-order valence-electron chi connectivity index (χ3n) is 9.22. The summed E-state index contributed by atoms with van der Waals surface area (Å²) in [5, 5.41) is 12.8. The van der Waals surface area contributed by atoms with Gasteiger partial charge in [0.05, 0.1) is 0 Å². The maximum atomic E-state index is 2.34. The first-order valence-corrected chi connectivity index (χ1v) is 15.3. The summed E-state index contributed by atoms with van der Waals surface area (Å²) in [4.78, 5) is 0. The molecule has 44 heavy (non-hydrogen) atoms. The van der Waals surface area contributed by atoms with Crippen molar-refractivity contribution in [1.82, 2.24) is 0 Å². The summed E-state index contributed by atoms with van der Waals surface area (Å²) in [5.41, 5.74) is 7.50. The van der Waals surface area contributed by atoms with E-state index in [0.29, 0.717) is 0 Å². The van der Waals surface area contributed by atoms with Crippen LogP contribution in [0.2, 0.25) is 0 Å². The minimum atomic E-state index is 1.23. The Labute approximate surface area is 256 Å². The van der Waals surface area contributed by atoms with Gasteiger partial charge >= 0.3 is 0 Å². The van der Waals surface area contributed by atoms with Crippen LogP contribution in [-0.2, 0) is 0 Å². The van der Waals surface area contributed by atoms with Crippen LogP contribution in [0.25, 0.3) is 87.2 Å². The highest BCUT2D eigenvalue weighted by molar-refractivity contribution is 6.15. The quantitative estimate of drug-likeness (QED) is 0.190. The molecule has 0 saturated carbocycles. The van der Waals surface area contributed by atoms with Crippen LogP contribution in [0.3, 0.4) is 0 Å². The standard InChI is InChI=1S/C44H28/c1-3-11-37-34(9-1)27-43(41-15-7-5-13-39(37)41)30-19-17-29(18-20-30)31-21-22-33-26-36(24-23-32(33)25-31)44-28-35-10-2-4-12-38(35)40-14-6-8-16-42(40)44/h1-28H. The largest absolute Gasteiger partial charge is 0.0616 e. The number of hydrogen-bond donors (Lipinski definition) is 0. The predicted molar refractivity (Wildman–Crippen MR) is 190 cm³/mol. The second-order valence-electron chi connectivity index (χ2n) is 11.7. The fourth-order valence-electron chi connectivity index (χ4n) is 7.02. The summed E-state index contributed by atoms with van der Waals surface area (Å²) in [5.74, 6) is 0. The Morgan fingerprint density at radius 2 is 0.591 bits per heavy atom. The van der Waals surface area contributed by atoms with E-state index in [0.717, 1.165) is 0 Å². The zero-order valence-electron chi connectivity index (χ0n) is 24.2. The maximum Gasteiger partial charge on any atom is -0.00988 e. The van der Waals surface area contributed by atoms with Crippen LogP contribution in [0.15, 0.2) is 170 Å². The van der Waals surface area contributed by atoms with Crippen molar-refractivity contribution >= 4 is 53.9 Å². The Bertz CT molecular complexity index is 2530. The highest BCUT2D eigenvalue weighted by Crippen LogP contribution is 2.38.